The monoisotopic (exact) mass is 492 g/mol. The van der Waals surface area contributed by atoms with Gasteiger partial charge < -0.3 is 20.5 Å². The number of aryl methyl sites for hydroxylation is 1. The zero-order chi connectivity index (χ0) is 25.5. The predicted octanol–water partition coefficient (Wildman–Crippen LogP) is 4.78. The van der Waals surface area contributed by atoms with Gasteiger partial charge in [-0.15, -0.1) is 0 Å². The molecule has 2 aliphatic rings. The van der Waals surface area contributed by atoms with Crippen LogP contribution in [-0.2, 0) is 11.8 Å². The van der Waals surface area contributed by atoms with Crippen molar-refractivity contribution in [1.29, 1.82) is 0 Å². The maximum Gasteiger partial charge on any atom is 0.253 e. The molecule has 4 aromatic rings. The van der Waals surface area contributed by atoms with Crippen molar-refractivity contribution >= 4 is 34.4 Å². The largest absolute Gasteiger partial charge is 0.383 e. The van der Waals surface area contributed by atoms with Crippen molar-refractivity contribution in [2.45, 2.75) is 25.7 Å². The first-order chi connectivity index (χ1) is 18.0. The molecule has 37 heavy (non-hydrogen) atoms. The number of hydrogen-bond acceptors (Lipinski definition) is 5. The highest BCUT2D eigenvalue weighted by atomic mass is 16.2. The minimum atomic E-state index is -0.0455. The van der Waals surface area contributed by atoms with Crippen LogP contribution in [-0.4, -0.2) is 44.3 Å². The van der Waals surface area contributed by atoms with Gasteiger partial charge in [-0.1, -0.05) is 30.3 Å². The zero-order valence-electron chi connectivity index (χ0n) is 20.7. The van der Waals surface area contributed by atoms with Crippen molar-refractivity contribution < 1.29 is 9.59 Å². The summed E-state index contributed by atoms with van der Waals surface area (Å²) in [7, 11) is 1.96. The number of carbonyl (C=O) groups is 2. The molecule has 0 atom stereocenters. The van der Waals surface area contributed by atoms with Crippen molar-refractivity contribution in [1.82, 2.24) is 19.4 Å². The van der Waals surface area contributed by atoms with E-state index >= 15 is 0 Å². The van der Waals surface area contributed by atoms with Gasteiger partial charge in [0.1, 0.15) is 17.8 Å². The number of nitrogens with one attached hydrogen (secondary N) is 1. The Bertz CT molecular complexity index is 1540. The minimum absolute atomic E-state index is 0.0455. The molecular weight excluding hydrogens is 464 g/mol. The number of carbonyl (C=O) groups excluding carboxylic acids is 2. The highest BCUT2D eigenvalue weighted by Crippen LogP contribution is 2.41. The normalized spacial score (nSPS) is 14.9. The average molecular weight is 493 g/mol. The maximum absolute atomic E-state index is 12.9. The van der Waals surface area contributed by atoms with E-state index in [-0.39, 0.29) is 11.8 Å². The number of nitrogens with zero attached hydrogens (tertiary/aromatic N) is 4. The van der Waals surface area contributed by atoms with Gasteiger partial charge in [-0.05, 0) is 61.1 Å². The van der Waals surface area contributed by atoms with E-state index in [0.717, 1.165) is 83.5 Å². The molecule has 3 heterocycles. The van der Waals surface area contributed by atoms with Crippen molar-refractivity contribution in [3.05, 3.63) is 72.1 Å². The van der Waals surface area contributed by atoms with Gasteiger partial charge in [0, 0.05) is 42.5 Å². The fourth-order valence-corrected chi connectivity index (χ4v) is 5.19. The van der Waals surface area contributed by atoms with E-state index in [4.69, 9.17) is 5.73 Å². The summed E-state index contributed by atoms with van der Waals surface area (Å²) in [5.74, 6) is 0.424. The highest BCUT2D eigenvalue weighted by Gasteiger charge is 2.23. The average Bonchev–Trinajstić information content (AvgIpc) is 3.51. The van der Waals surface area contributed by atoms with Crippen LogP contribution in [0.2, 0.25) is 0 Å². The van der Waals surface area contributed by atoms with E-state index < -0.39 is 0 Å². The van der Waals surface area contributed by atoms with Crippen LogP contribution in [0, 0.1) is 0 Å². The number of aromatic nitrogens is 3. The number of hydrogen-bond donors (Lipinski definition) is 2. The Morgan fingerprint density at radius 3 is 2.27 bits per heavy atom. The molecule has 1 saturated heterocycles. The third-order valence-electron chi connectivity index (χ3n) is 7.32. The minimum Gasteiger partial charge on any atom is -0.383 e. The number of amides is 2. The van der Waals surface area contributed by atoms with Gasteiger partial charge in [-0.2, -0.15) is 0 Å². The molecule has 186 valence electrons. The van der Waals surface area contributed by atoms with E-state index in [1.165, 1.54) is 6.33 Å². The summed E-state index contributed by atoms with van der Waals surface area (Å²) in [6.07, 6.45) is 7.34. The van der Waals surface area contributed by atoms with Gasteiger partial charge in [0.05, 0.1) is 11.1 Å². The van der Waals surface area contributed by atoms with Crippen molar-refractivity contribution in [2.24, 2.45) is 7.05 Å². The Balaban J connectivity index is 1.40. The first-order valence-corrected chi connectivity index (χ1v) is 12.6. The molecule has 1 aliphatic carbocycles. The number of benzene rings is 2. The second kappa shape index (κ2) is 9.20. The SMILES string of the molecule is Cn1c(-c2ccc(NC(=O)C3=CCC3)cc2)c(-c2ccc(C(=O)N3CCCC3)cc2)c2c(N)ncnc21. The number of allylic oxidation sites excluding steroid dienone is 1. The Morgan fingerprint density at radius 1 is 0.946 bits per heavy atom. The topological polar surface area (TPSA) is 106 Å². The first-order valence-electron chi connectivity index (χ1n) is 12.6. The number of rotatable bonds is 5. The van der Waals surface area contributed by atoms with Gasteiger partial charge in [0.2, 0.25) is 0 Å². The Kier molecular flexibility index (Phi) is 5.71. The van der Waals surface area contributed by atoms with Crippen LogP contribution >= 0.6 is 0 Å². The molecule has 2 aromatic carbocycles. The first kappa shape index (κ1) is 23.0. The molecule has 8 heteroatoms. The van der Waals surface area contributed by atoms with Gasteiger partial charge in [-0.3, -0.25) is 9.59 Å². The molecule has 0 bridgehead atoms. The third-order valence-corrected chi connectivity index (χ3v) is 7.32. The van der Waals surface area contributed by atoms with Crippen LogP contribution in [0.1, 0.15) is 36.0 Å². The van der Waals surface area contributed by atoms with E-state index in [1.54, 1.807) is 0 Å². The standard InChI is InChI=1S/C29H28N6O2/c1-34-25(19-11-13-22(14-12-19)33-28(36)20-5-4-6-20)23(24-26(30)31-17-32-27(24)34)18-7-9-21(10-8-18)29(37)35-15-2-3-16-35/h5,7-14,17H,2-4,6,15-16H2,1H3,(H,33,36)(H2,30,31,32). The summed E-state index contributed by atoms with van der Waals surface area (Å²) in [5, 5.41) is 3.74. The molecule has 2 amide bonds. The smallest absolute Gasteiger partial charge is 0.253 e. The van der Waals surface area contributed by atoms with Gasteiger partial charge in [-0.25, -0.2) is 9.97 Å². The fourth-order valence-electron chi connectivity index (χ4n) is 5.19. The fraction of sp³-hybridized carbons (Fsp3) is 0.241. The molecule has 6 rings (SSSR count). The number of fused-ring (bicyclic) bond motifs is 1. The number of likely N-dealkylation sites (tertiary alicyclic amines) is 1. The van der Waals surface area contributed by atoms with Crippen LogP contribution in [0.5, 0.6) is 0 Å². The summed E-state index contributed by atoms with van der Waals surface area (Å²) in [4.78, 5) is 35.9. The molecule has 0 spiro atoms. The van der Waals surface area contributed by atoms with E-state index in [9.17, 15) is 9.59 Å². The lowest BCUT2D eigenvalue weighted by Crippen LogP contribution is -2.27. The van der Waals surface area contributed by atoms with Crippen LogP contribution in [0.3, 0.4) is 0 Å². The van der Waals surface area contributed by atoms with Crippen LogP contribution in [0.25, 0.3) is 33.4 Å². The van der Waals surface area contributed by atoms with Crippen LogP contribution in [0.4, 0.5) is 11.5 Å². The lowest BCUT2D eigenvalue weighted by atomic mass is 9.97. The number of anilines is 2. The lowest BCUT2D eigenvalue weighted by Gasteiger charge is -2.16. The van der Waals surface area contributed by atoms with Gasteiger partial charge in [0.25, 0.3) is 11.8 Å². The highest BCUT2D eigenvalue weighted by molar-refractivity contribution is 6.08. The lowest BCUT2D eigenvalue weighted by molar-refractivity contribution is -0.113. The molecule has 8 nitrogen and oxygen atoms in total. The molecule has 0 radical (unpaired) electrons. The Labute approximate surface area is 214 Å². The zero-order valence-corrected chi connectivity index (χ0v) is 20.7. The van der Waals surface area contributed by atoms with E-state index in [2.05, 4.69) is 15.3 Å². The Morgan fingerprint density at radius 2 is 1.62 bits per heavy atom. The summed E-state index contributed by atoms with van der Waals surface area (Å²) < 4.78 is 2.01. The molecule has 0 unspecified atom stereocenters. The second-order valence-electron chi connectivity index (χ2n) is 9.62. The summed E-state index contributed by atoms with van der Waals surface area (Å²) >= 11 is 0. The van der Waals surface area contributed by atoms with E-state index in [0.29, 0.717) is 11.4 Å². The van der Waals surface area contributed by atoms with E-state index in [1.807, 2.05) is 71.1 Å². The van der Waals surface area contributed by atoms with Gasteiger partial charge in [0.15, 0.2) is 0 Å². The molecule has 0 saturated carbocycles. The number of nitrogens with two attached hydrogens (primary N) is 1. The summed E-state index contributed by atoms with van der Waals surface area (Å²) in [5.41, 5.74) is 13.1. The summed E-state index contributed by atoms with van der Waals surface area (Å²) in [6, 6.07) is 15.5. The van der Waals surface area contributed by atoms with Crippen molar-refractivity contribution in [2.75, 3.05) is 24.1 Å². The molecule has 2 aromatic heterocycles. The number of nitrogen functional groups attached to an aromatic ring is 1. The summed E-state index contributed by atoms with van der Waals surface area (Å²) in [6.45, 7) is 1.63. The molecule has 3 N–H and O–H groups in total. The molecular formula is C29H28N6O2. The van der Waals surface area contributed by atoms with Crippen molar-refractivity contribution in [3.8, 4) is 22.4 Å². The van der Waals surface area contributed by atoms with Gasteiger partial charge >= 0.3 is 0 Å². The molecule has 1 aliphatic heterocycles. The van der Waals surface area contributed by atoms with Crippen LogP contribution in [0.15, 0.2) is 66.5 Å². The third kappa shape index (κ3) is 4.04. The molecule has 1 fully saturated rings. The second-order valence-corrected chi connectivity index (χ2v) is 9.62. The van der Waals surface area contributed by atoms with Crippen LogP contribution < -0.4 is 11.1 Å². The Hall–Kier alpha value is -4.46. The van der Waals surface area contributed by atoms with Crippen molar-refractivity contribution in [3.63, 3.8) is 0 Å². The quantitative estimate of drug-likeness (QED) is 0.417. The maximum atomic E-state index is 12.9. The predicted molar refractivity (Wildman–Crippen MR) is 145 cm³/mol.